The van der Waals surface area contributed by atoms with Crippen molar-refractivity contribution in [1.82, 2.24) is 9.97 Å². The van der Waals surface area contributed by atoms with Crippen LogP contribution in [-0.2, 0) is 0 Å². The highest BCUT2D eigenvalue weighted by Gasteiger charge is 2.40. The van der Waals surface area contributed by atoms with E-state index in [4.69, 9.17) is 0 Å². The number of rotatable bonds is 1. The Labute approximate surface area is 114 Å². The van der Waals surface area contributed by atoms with Crippen molar-refractivity contribution in [1.29, 1.82) is 0 Å². The molecule has 2 atom stereocenters. The lowest BCUT2D eigenvalue weighted by molar-refractivity contribution is 0.518. The molecular formula is C16H21N3. The number of aromatic nitrogens is 2. The molecule has 1 saturated carbocycles. The fourth-order valence-electron chi connectivity index (χ4n) is 3.96. The molecule has 100 valence electrons. The summed E-state index contributed by atoms with van der Waals surface area (Å²) in [6.45, 7) is 2.03. The van der Waals surface area contributed by atoms with Gasteiger partial charge in [-0.25, -0.2) is 4.98 Å². The molecule has 1 aromatic rings. The highest BCUT2D eigenvalue weighted by molar-refractivity contribution is 5.45. The highest BCUT2D eigenvalue weighted by Crippen LogP contribution is 2.44. The van der Waals surface area contributed by atoms with Gasteiger partial charge in [0.05, 0.1) is 11.9 Å². The normalized spacial score (nSPS) is 29.6. The van der Waals surface area contributed by atoms with Crippen molar-refractivity contribution in [2.24, 2.45) is 0 Å². The summed E-state index contributed by atoms with van der Waals surface area (Å²) in [5.74, 6) is 1.10. The van der Waals surface area contributed by atoms with Gasteiger partial charge in [0.2, 0.25) is 0 Å². The summed E-state index contributed by atoms with van der Waals surface area (Å²) in [5.41, 5.74) is 4.60. The quantitative estimate of drug-likeness (QED) is 0.720. The third-order valence-electron chi connectivity index (χ3n) is 5.05. The Morgan fingerprint density at radius 1 is 1.05 bits per heavy atom. The molecule has 3 fully saturated rings. The number of allylic oxidation sites excluding steroid dienone is 1. The van der Waals surface area contributed by atoms with E-state index in [9.17, 15) is 0 Å². The van der Waals surface area contributed by atoms with Crippen LogP contribution >= 0.6 is 0 Å². The van der Waals surface area contributed by atoms with Crippen molar-refractivity contribution in [3.8, 4) is 0 Å². The van der Waals surface area contributed by atoms with Crippen molar-refractivity contribution in [3.63, 3.8) is 0 Å². The van der Waals surface area contributed by atoms with Gasteiger partial charge in [-0.1, -0.05) is 11.1 Å². The van der Waals surface area contributed by atoms with Crippen LogP contribution in [0.25, 0.3) is 0 Å². The third kappa shape index (κ3) is 1.87. The van der Waals surface area contributed by atoms with Gasteiger partial charge in [0.15, 0.2) is 0 Å². The van der Waals surface area contributed by atoms with Crippen LogP contribution in [0, 0.1) is 6.92 Å². The third-order valence-corrected chi connectivity index (χ3v) is 5.05. The van der Waals surface area contributed by atoms with E-state index < -0.39 is 0 Å². The molecule has 3 aliphatic rings. The van der Waals surface area contributed by atoms with Gasteiger partial charge in [-0.2, -0.15) is 0 Å². The maximum absolute atomic E-state index is 4.69. The van der Waals surface area contributed by atoms with Gasteiger partial charge in [0.1, 0.15) is 5.82 Å². The Balaban J connectivity index is 1.63. The van der Waals surface area contributed by atoms with Crippen molar-refractivity contribution < 1.29 is 0 Å². The molecule has 0 amide bonds. The molecule has 0 aromatic carbocycles. The molecule has 1 aromatic heterocycles. The van der Waals surface area contributed by atoms with Gasteiger partial charge in [0, 0.05) is 18.3 Å². The van der Waals surface area contributed by atoms with E-state index in [1.807, 2.05) is 19.3 Å². The minimum atomic E-state index is 0.679. The molecule has 0 N–H and O–H groups in total. The average molecular weight is 255 g/mol. The van der Waals surface area contributed by atoms with Crippen LogP contribution in [0.5, 0.6) is 0 Å². The topological polar surface area (TPSA) is 29.0 Å². The predicted octanol–water partition coefficient (Wildman–Crippen LogP) is 3.40. The van der Waals surface area contributed by atoms with Gasteiger partial charge in [-0.3, -0.25) is 4.98 Å². The Morgan fingerprint density at radius 2 is 1.79 bits per heavy atom. The van der Waals surface area contributed by atoms with E-state index in [1.165, 1.54) is 44.9 Å². The molecule has 3 heterocycles. The first kappa shape index (κ1) is 11.4. The van der Waals surface area contributed by atoms with Crippen LogP contribution in [0.15, 0.2) is 23.5 Å². The van der Waals surface area contributed by atoms with Crippen molar-refractivity contribution in [2.45, 2.75) is 64.0 Å². The van der Waals surface area contributed by atoms with Crippen LogP contribution in [0.1, 0.15) is 50.6 Å². The summed E-state index contributed by atoms with van der Waals surface area (Å²) in [6.07, 6.45) is 13.2. The summed E-state index contributed by atoms with van der Waals surface area (Å²) < 4.78 is 0. The maximum atomic E-state index is 4.69. The van der Waals surface area contributed by atoms with Gasteiger partial charge in [-0.15, -0.1) is 0 Å². The summed E-state index contributed by atoms with van der Waals surface area (Å²) in [4.78, 5) is 11.6. The summed E-state index contributed by atoms with van der Waals surface area (Å²) in [5, 5.41) is 0. The van der Waals surface area contributed by atoms with Crippen molar-refractivity contribution in [3.05, 3.63) is 29.2 Å². The number of piperidine rings is 1. The Morgan fingerprint density at radius 3 is 2.37 bits per heavy atom. The lowest BCUT2D eigenvalue weighted by atomic mass is 9.82. The second-order valence-electron chi connectivity index (χ2n) is 6.28. The number of aryl methyl sites for hydroxylation is 1. The van der Waals surface area contributed by atoms with Gasteiger partial charge < -0.3 is 4.90 Å². The second kappa shape index (κ2) is 4.32. The number of fused-ring (bicyclic) bond motifs is 2. The van der Waals surface area contributed by atoms with E-state index in [0.29, 0.717) is 12.1 Å². The highest BCUT2D eigenvalue weighted by atomic mass is 15.3. The molecule has 2 aliphatic heterocycles. The van der Waals surface area contributed by atoms with Gasteiger partial charge in [-0.05, 0) is 51.9 Å². The van der Waals surface area contributed by atoms with E-state index in [2.05, 4.69) is 14.9 Å². The molecule has 4 rings (SSSR count). The zero-order valence-electron chi connectivity index (χ0n) is 11.6. The zero-order valence-corrected chi connectivity index (χ0v) is 11.6. The SMILES string of the molecule is Cc1cncc(N2C3CCC2CC(=C2CCC2)C3)n1. The van der Waals surface area contributed by atoms with E-state index >= 15 is 0 Å². The summed E-state index contributed by atoms with van der Waals surface area (Å²) in [6, 6.07) is 1.36. The molecular weight excluding hydrogens is 234 g/mol. The van der Waals surface area contributed by atoms with E-state index in [1.54, 1.807) is 11.1 Å². The molecule has 0 radical (unpaired) electrons. The van der Waals surface area contributed by atoms with E-state index in [0.717, 1.165) is 11.5 Å². The van der Waals surface area contributed by atoms with Crippen LogP contribution in [0.2, 0.25) is 0 Å². The van der Waals surface area contributed by atoms with Crippen LogP contribution in [0.3, 0.4) is 0 Å². The molecule has 3 heteroatoms. The summed E-state index contributed by atoms with van der Waals surface area (Å²) >= 11 is 0. The van der Waals surface area contributed by atoms with Crippen molar-refractivity contribution >= 4 is 5.82 Å². The average Bonchev–Trinajstić information content (AvgIpc) is 2.59. The molecule has 1 aliphatic carbocycles. The molecule has 2 bridgehead atoms. The van der Waals surface area contributed by atoms with E-state index in [-0.39, 0.29) is 0 Å². The van der Waals surface area contributed by atoms with Crippen LogP contribution < -0.4 is 4.90 Å². The maximum Gasteiger partial charge on any atom is 0.147 e. The zero-order chi connectivity index (χ0) is 12.8. The predicted molar refractivity (Wildman–Crippen MR) is 76.2 cm³/mol. The molecule has 3 nitrogen and oxygen atoms in total. The molecule has 0 spiro atoms. The molecule has 2 saturated heterocycles. The number of nitrogens with zero attached hydrogens (tertiary/aromatic N) is 3. The largest absolute Gasteiger partial charge is 0.349 e. The van der Waals surface area contributed by atoms with Crippen molar-refractivity contribution in [2.75, 3.05) is 4.90 Å². The first-order chi connectivity index (χ1) is 9.31. The Bertz CT molecular complexity index is 513. The fraction of sp³-hybridized carbons (Fsp3) is 0.625. The van der Waals surface area contributed by atoms with Crippen LogP contribution in [-0.4, -0.2) is 22.1 Å². The lowest BCUT2D eigenvalue weighted by Gasteiger charge is -2.39. The molecule has 19 heavy (non-hydrogen) atoms. The molecule has 2 unspecified atom stereocenters. The minimum Gasteiger partial charge on any atom is -0.349 e. The minimum absolute atomic E-state index is 0.679. The fourth-order valence-corrected chi connectivity index (χ4v) is 3.96. The summed E-state index contributed by atoms with van der Waals surface area (Å²) in [7, 11) is 0. The Hall–Kier alpha value is -1.38. The second-order valence-corrected chi connectivity index (χ2v) is 6.28. The van der Waals surface area contributed by atoms with Crippen LogP contribution in [0.4, 0.5) is 5.82 Å². The van der Waals surface area contributed by atoms with Gasteiger partial charge in [0.25, 0.3) is 0 Å². The first-order valence-electron chi connectivity index (χ1n) is 7.58. The number of hydrogen-bond acceptors (Lipinski definition) is 3. The smallest absolute Gasteiger partial charge is 0.147 e. The monoisotopic (exact) mass is 255 g/mol. The number of hydrogen-bond donors (Lipinski definition) is 0. The van der Waals surface area contributed by atoms with Gasteiger partial charge >= 0.3 is 0 Å². The standard InChI is InChI=1S/C16H21N3/c1-11-9-17-10-16(18-11)19-14-5-6-15(19)8-13(7-14)12-3-2-4-12/h9-10,14-15H,2-8H2,1H3. The Kier molecular flexibility index (Phi) is 2.61. The number of anilines is 1. The lowest BCUT2D eigenvalue weighted by Crippen LogP contribution is -2.41. The first-order valence-corrected chi connectivity index (χ1v) is 7.58.